The van der Waals surface area contributed by atoms with Crippen molar-refractivity contribution in [2.24, 2.45) is 17.6 Å². The maximum Gasteiger partial charge on any atom is 0.0197 e. The van der Waals surface area contributed by atoms with Crippen molar-refractivity contribution in [2.45, 2.75) is 70.3 Å². The van der Waals surface area contributed by atoms with Gasteiger partial charge >= 0.3 is 0 Å². The van der Waals surface area contributed by atoms with E-state index in [0.717, 1.165) is 18.3 Å². The van der Waals surface area contributed by atoms with Crippen LogP contribution in [0.4, 0.5) is 0 Å². The first-order chi connectivity index (χ1) is 9.56. The Morgan fingerprint density at radius 2 is 1.80 bits per heavy atom. The molecular weight excluding hydrogens is 242 g/mol. The highest BCUT2D eigenvalue weighted by atomic mass is 14.8. The van der Waals surface area contributed by atoms with Crippen LogP contribution >= 0.6 is 0 Å². The molecule has 2 N–H and O–H groups in total. The van der Waals surface area contributed by atoms with E-state index in [1.165, 1.54) is 49.7 Å². The second-order valence-electron chi connectivity index (χ2n) is 7.63. The van der Waals surface area contributed by atoms with Gasteiger partial charge in [0.1, 0.15) is 0 Å². The zero-order valence-corrected chi connectivity index (χ0v) is 13.1. The summed E-state index contributed by atoms with van der Waals surface area (Å²) < 4.78 is 0. The lowest BCUT2D eigenvalue weighted by atomic mass is 9.72. The Hall–Kier alpha value is -0.820. The molecule has 2 fully saturated rings. The smallest absolute Gasteiger partial charge is 0.0197 e. The lowest BCUT2D eigenvalue weighted by Crippen LogP contribution is -2.46. The highest BCUT2D eigenvalue weighted by Crippen LogP contribution is 2.46. The van der Waals surface area contributed by atoms with Crippen molar-refractivity contribution in [3.63, 3.8) is 0 Å². The Morgan fingerprint density at radius 3 is 2.40 bits per heavy atom. The summed E-state index contributed by atoms with van der Waals surface area (Å²) in [6.07, 6.45) is 9.21. The molecule has 2 aliphatic carbocycles. The minimum Gasteiger partial charge on any atom is -0.325 e. The van der Waals surface area contributed by atoms with Crippen LogP contribution in [0.15, 0.2) is 24.3 Å². The molecule has 110 valence electrons. The van der Waals surface area contributed by atoms with E-state index in [0.29, 0.717) is 5.92 Å². The Bertz CT molecular complexity index is 443. The predicted octanol–water partition coefficient (Wildman–Crippen LogP) is 4.65. The lowest BCUT2D eigenvalue weighted by molar-refractivity contribution is 0.204. The molecule has 20 heavy (non-hydrogen) atoms. The van der Waals surface area contributed by atoms with E-state index < -0.39 is 0 Å². The lowest BCUT2D eigenvalue weighted by Gasteiger charge is -2.38. The van der Waals surface area contributed by atoms with Crippen molar-refractivity contribution >= 4 is 0 Å². The predicted molar refractivity (Wildman–Crippen MR) is 85.8 cm³/mol. The fraction of sp³-hybridized carbons (Fsp3) is 0.684. The highest BCUT2D eigenvalue weighted by molar-refractivity contribution is 5.26. The fourth-order valence-electron chi connectivity index (χ4n) is 4.00. The summed E-state index contributed by atoms with van der Waals surface area (Å²) >= 11 is 0. The van der Waals surface area contributed by atoms with Crippen LogP contribution in [0.5, 0.6) is 0 Å². The number of hydrogen-bond acceptors (Lipinski definition) is 1. The molecule has 0 saturated heterocycles. The van der Waals surface area contributed by atoms with Gasteiger partial charge in [0.15, 0.2) is 0 Å². The van der Waals surface area contributed by atoms with E-state index in [-0.39, 0.29) is 5.54 Å². The van der Waals surface area contributed by atoms with Gasteiger partial charge in [-0.1, -0.05) is 51.0 Å². The van der Waals surface area contributed by atoms with Crippen LogP contribution in [-0.4, -0.2) is 5.54 Å². The molecule has 1 nitrogen and oxygen atoms in total. The van der Waals surface area contributed by atoms with Gasteiger partial charge in [-0.25, -0.2) is 0 Å². The quantitative estimate of drug-likeness (QED) is 0.847. The molecule has 2 atom stereocenters. The fourth-order valence-corrected chi connectivity index (χ4v) is 4.00. The number of hydrogen-bond donors (Lipinski definition) is 1. The Morgan fingerprint density at radius 1 is 1.10 bits per heavy atom. The summed E-state index contributed by atoms with van der Waals surface area (Å²) in [6.45, 7) is 4.50. The topological polar surface area (TPSA) is 26.0 Å². The van der Waals surface area contributed by atoms with Crippen LogP contribution in [0.1, 0.15) is 69.4 Å². The van der Waals surface area contributed by atoms with Gasteiger partial charge in [0, 0.05) is 5.54 Å². The molecule has 0 spiro atoms. The molecule has 0 radical (unpaired) electrons. The number of nitrogens with two attached hydrogens (primary N) is 1. The molecule has 1 aromatic carbocycles. The van der Waals surface area contributed by atoms with Gasteiger partial charge in [0.05, 0.1) is 0 Å². The Labute approximate surface area is 124 Å². The average molecular weight is 271 g/mol. The van der Waals surface area contributed by atoms with Crippen molar-refractivity contribution in [3.8, 4) is 0 Å². The third kappa shape index (κ3) is 3.25. The number of benzene rings is 1. The van der Waals surface area contributed by atoms with Crippen LogP contribution in [0.25, 0.3) is 0 Å². The van der Waals surface area contributed by atoms with E-state index in [1.54, 1.807) is 0 Å². The molecule has 2 aliphatic rings. The highest BCUT2D eigenvalue weighted by Gasteiger charge is 2.39. The first-order valence-corrected chi connectivity index (χ1v) is 8.43. The van der Waals surface area contributed by atoms with Gasteiger partial charge in [-0.3, -0.25) is 0 Å². The molecule has 2 saturated carbocycles. The van der Waals surface area contributed by atoms with Gasteiger partial charge < -0.3 is 5.73 Å². The minimum atomic E-state index is 0.0604. The molecule has 0 aliphatic heterocycles. The Balaban J connectivity index is 1.65. The second kappa shape index (κ2) is 5.52. The molecule has 0 amide bonds. The van der Waals surface area contributed by atoms with Crippen molar-refractivity contribution in [1.29, 1.82) is 0 Å². The molecule has 0 aromatic heterocycles. The Kier molecular flexibility index (Phi) is 3.90. The zero-order valence-electron chi connectivity index (χ0n) is 13.1. The summed E-state index contributed by atoms with van der Waals surface area (Å²) in [7, 11) is 0. The van der Waals surface area contributed by atoms with Crippen LogP contribution in [-0.2, 0) is 6.42 Å². The van der Waals surface area contributed by atoms with Crippen LogP contribution in [0, 0.1) is 11.8 Å². The average Bonchev–Trinajstić information content (AvgIpc) is 3.23. The second-order valence-corrected chi connectivity index (χ2v) is 7.63. The zero-order chi connectivity index (χ0) is 14.2. The maximum absolute atomic E-state index is 6.74. The van der Waals surface area contributed by atoms with Gasteiger partial charge in [-0.15, -0.1) is 0 Å². The molecule has 3 rings (SSSR count). The molecular formula is C19H29N. The first-order valence-electron chi connectivity index (χ1n) is 8.43. The third-order valence-corrected chi connectivity index (χ3v) is 5.41. The largest absolute Gasteiger partial charge is 0.325 e. The molecule has 1 aromatic rings. The monoisotopic (exact) mass is 271 g/mol. The summed E-state index contributed by atoms with van der Waals surface area (Å²) in [6, 6.07) is 9.16. The van der Waals surface area contributed by atoms with Crippen LogP contribution < -0.4 is 5.73 Å². The van der Waals surface area contributed by atoms with Crippen molar-refractivity contribution in [1.82, 2.24) is 0 Å². The maximum atomic E-state index is 6.74. The van der Waals surface area contributed by atoms with E-state index in [1.807, 2.05) is 0 Å². The van der Waals surface area contributed by atoms with E-state index >= 15 is 0 Å². The molecule has 0 bridgehead atoms. The molecule has 2 unspecified atom stereocenters. The number of rotatable bonds is 4. The van der Waals surface area contributed by atoms with Crippen molar-refractivity contribution < 1.29 is 0 Å². The van der Waals surface area contributed by atoms with Crippen LogP contribution in [0.3, 0.4) is 0 Å². The van der Waals surface area contributed by atoms with Crippen molar-refractivity contribution in [2.75, 3.05) is 0 Å². The third-order valence-electron chi connectivity index (χ3n) is 5.41. The normalized spacial score (nSPS) is 30.7. The SMILES string of the molecule is CC(C)c1ccc(CC2(N)CCCC(C3CC3)C2)cc1. The summed E-state index contributed by atoms with van der Waals surface area (Å²) in [5, 5.41) is 0. The van der Waals surface area contributed by atoms with Crippen LogP contribution in [0.2, 0.25) is 0 Å². The first kappa shape index (κ1) is 14.1. The summed E-state index contributed by atoms with van der Waals surface area (Å²) in [5.74, 6) is 2.55. The van der Waals surface area contributed by atoms with Crippen molar-refractivity contribution in [3.05, 3.63) is 35.4 Å². The molecule has 1 heteroatoms. The summed E-state index contributed by atoms with van der Waals surface area (Å²) in [5.41, 5.74) is 9.66. The van der Waals surface area contributed by atoms with E-state index in [4.69, 9.17) is 5.73 Å². The van der Waals surface area contributed by atoms with E-state index in [2.05, 4.69) is 38.1 Å². The van der Waals surface area contributed by atoms with Gasteiger partial charge in [0.2, 0.25) is 0 Å². The molecule has 0 heterocycles. The van der Waals surface area contributed by atoms with Gasteiger partial charge in [0.25, 0.3) is 0 Å². The standard InChI is InChI=1S/C19H29N/c1-14(2)16-7-5-15(6-8-16)12-19(20)11-3-4-18(13-19)17-9-10-17/h5-8,14,17-18H,3-4,9-13,20H2,1-2H3. The van der Waals surface area contributed by atoms with Gasteiger partial charge in [-0.05, 0) is 61.0 Å². The minimum absolute atomic E-state index is 0.0604. The van der Waals surface area contributed by atoms with E-state index in [9.17, 15) is 0 Å². The summed E-state index contributed by atoms with van der Waals surface area (Å²) in [4.78, 5) is 0. The van der Waals surface area contributed by atoms with Gasteiger partial charge in [-0.2, -0.15) is 0 Å².